The fourth-order valence-corrected chi connectivity index (χ4v) is 4.74. The monoisotopic (exact) mass is 474 g/mol. The van der Waals surface area contributed by atoms with Crippen molar-refractivity contribution in [3.63, 3.8) is 0 Å². The first-order chi connectivity index (χ1) is 16.8. The van der Waals surface area contributed by atoms with Gasteiger partial charge in [0.2, 0.25) is 5.91 Å². The maximum Gasteiger partial charge on any atom is 0.254 e. The van der Waals surface area contributed by atoms with Crippen LogP contribution in [-0.2, 0) is 9.53 Å². The van der Waals surface area contributed by atoms with Crippen LogP contribution in [0.5, 0.6) is 0 Å². The number of amides is 2. The van der Waals surface area contributed by atoms with Crippen LogP contribution in [0.15, 0.2) is 72.8 Å². The molecule has 1 aliphatic rings. The van der Waals surface area contributed by atoms with Crippen LogP contribution in [0.3, 0.4) is 0 Å². The van der Waals surface area contributed by atoms with E-state index in [2.05, 4.69) is 13.8 Å². The van der Waals surface area contributed by atoms with Crippen molar-refractivity contribution in [2.45, 2.75) is 31.7 Å². The third kappa shape index (κ3) is 4.84. The van der Waals surface area contributed by atoms with Gasteiger partial charge in [-0.15, -0.1) is 0 Å². The van der Waals surface area contributed by atoms with Crippen LogP contribution in [0.25, 0.3) is 0 Å². The lowest BCUT2D eigenvalue weighted by Crippen LogP contribution is -2.48. The first kappa shape index (κ1) is 24.6. The molecule has 2 atom stereocenters. The molecule has 5 nitrogen and oxygen atoms in total. The molecule has 0 N–H and O–H groups in total. The molecule has 35 heavy (non-hydrogen) atoms. The van der Waals surface area contributed by atoms with Crippen molar-refractivity contribution in [2.75, 3.05) is 32.2 Å². The smallest absolute Gasteiger partial charge is 0.254 e. The number of halogens is 1. The van der Waals surface area contributed by atoms with Crippen molar-refractivity contribution in [3.05, 3.63) is 101 Å². The lowest BCUT2D eigenvalue weighted by atomic mass is 9.78. The number of rotatable bonds is 7. The van der Waals surface area contributed by atoms with Crippen LogP contribution >= 0.6 is 0 Å². The van der Waals surface area contributed by atoms with Crippen LogP contribution in [0.4, 0.5) is 10.1 Å². The molecule has 1 heterocycles. The molecule has 1 aliphatic heterocycles. The van der Waals surface area contributed by atoms with Crippen LogP contribution in [0.2, 0.25) is 0 Å². The summed E-state index contributed by atoms with van der Waals surface area (Å²) < 4.78 is 19.1. The Labute approximate surface area is 206 Å². The highest BCUT2D eigenvalue weighted by molar-refractivity contribution is 6.05. The quantitative estimate of drug-likeness (QED) is 0.452. The largest absolute Gasteiger partial charge is 0.383 e. The van der Waals surface area contributed by atoms with E-state index in [9.17, 15) is 14.0 Å². The summed E-state index contributed by atoms with van der Waals surface area (Å²) >= 11 is 0. The summed E-state index contributed by atoms with van der Waals surface area (Å²) in [6.07, 6.45) is 0. The number of anilines is 1. The third-order valence-corrected chi connectivity index (χ3v) is 6.73. The van der Waals surface area contributed by atoms with Crippen molar-refractivity contribution in [3.8, 4) is 0 Å². The van der Waals surface area contributed by atoms with E-state index in [0.717, 1.165) is 5.69 Å². The minimum Gasteiger partial charge on any atom is -0.383 e. The van der Waals surface area contributed by atoms with Crippen molar-refractivity contribution >= 4 is 17.5 Å². The van der Waals surface area contributed by atoms with E-state index in [4.69, 9.17) is 4.74 Å². The summed E-state index contributed by atoms with van der Waals surface area (Å²) in [5, 5.41) is 0. The summed E-state index contributed by atoms with van der Waals surface area (Å²) in [6, 6.07) is 20.6. The molecule has 0 bridgehead atoms. The number of fused-ring (bicyclic) bond motifs is 1. The molecule has 2 amide bonds. The maximum atomic E-state index is 14.1. The Morgan fingerprint density at radius 1 is 1.03 bits per heavy atom. The molecule has 0 saturated carbocycles. The van der Waals surface area contributed by atoms with E-state index in [1.54, 1.807) is 48.2 Å². The number of nitrogens with zero attached hydrogens (tertiary/aromatic N) is 2. The Balaban J connectivity index is 1.82. The zero-order chi connectivity index (χ0) is 25.1. The van der Waals surface area contributed by atoms with Gasteiger partial charge in [0.1, 0.15) is 5.82 Å². The van der Waals surface area contributed by atoms with Gasteiger partial charge in [-0.1, -0.05) is 56.3 Å². The van der Waals surface area contributed by atoms with E-state index in [1.165, 1.54) is 17.7 Å². The van der Waals surface area contributed by atoms with Crippen LogP contribution in [-0.4, -0.2) is 44.0 Å². The molecular weight excluding hydrogens is 443 g/mol. The van der Waals surface area contributed by atoms with E-state index in [1.807, 2.05) is 36.4 Å². The Morgan fingerprint density at radius 3 is 2.31 bits per heavy atom. The molecule has 0 saturated heterocycles. The second-order valence-corrected chi connectivity index (χ2v) is 9.20. The predicted octanol–water partition coefficient (Wildman–Crippen LogP) is 5.54. The number of benzene rings is 3. The fourth-order valence-electron chi connectivity index (χ4n) is 4.74. The van der Waals surface area contributed by atoms with E-state index in [-0.39, 0.29) is 17.6 Å². The summed E-state index contributed by atoms with van der Waals surface area (Å²) in [6.45, 7) is 4.88. The van der Waals surface area contributed by atoms with Crippen LogP contribution in [0.1, 0.15) is 58.8 Å². The van der Waals surface area contributed by atoms with E-state index < -0.39 is 12.0 Å². The molecule has 0 spiro atoms. The summed E-state index contributed by atoms with van der Waals surface area (Å²) in [4.78, 5) is 31.0. The molecule has 4 rings (SSSR count). The minimum absolute atomic E-state index is 0.140. The van der Waals surface area contributed by atoms with E-state index >= 15 is 0 Å². The van der Waals surface area contributed by atoms with E-state index in [0.29, 0.717) is 35.8 Å². The van der Waals surface area contributed by atoms with Crippen molar-refractivity contribution in [1.82, 2.24) is 4.90 Å². The van der Waals surface area contributed by atoms with Gasteiger partial charge in [-0.3, -0.25) is 9.59 Å². The molecule has 6 heteroatoms. The van der Waals surface area contributed by atoms with Gasteiger partial charge in [0, 0.05) is 32.0 Å². The summed E-state index contributed by atoms with van der Waals surface area (Å²) in [5.74, 6) is -0.955. The first-order valence-electron chi connectivity index (χ1n) is 11.8. The average molecular weight is 475 g/mol. The Bertz CT molecular complexity index is 1190. The minimum atomic E-state index is -0.666. The SMILES string of the molecule is COCCN1C(=O)c2ccccc2[C@H](C(=O)N(C)c2ccc(C(C)C)cc2)[C@H]1c1ccc(F)cc1. The highest BCUT2D eigenvalue weighted by Gasteiger charge is 2.45. The molecule has 0 radical (unpaired) electrons. The van der Waals surface area contributed by atoms with Gasteiger partial charge in [-0.05, 0) is 52.9 Å². The molecule has 0 aliphatic carbocycles. The van der Waals surface area contributed by atoms with Gasteiger partial charge in [-0.25, -0.2) is 4.39 Å². The van der Waals surface area contributed by atoms with Crippen molar-refractivity contribution in [2.24, 2.45) is 0 Å². The summed E-state index contributed by atoms with van der Waals surface area (Å²) in [5.41, 5.74) is 3.85. The normalized spacial score (nSPS) is 17.4. The summed E-state index contributed by atoms with van der Waals surface area (Å²) in [7, 11) is 3.33. The highest BCUT2D eigenvalue weighted by Crippen LogP contribution is 2.44. The number of methoxy groups -OCH3 is 1. The second kappa shape index (κ2) is 10.4. The number of hydrogen-bond acceptors (Lipinski definition) is 3. The molecule has 0 fully saturated rings. The van der Waals surface area contributed by atoms with Gasteiger partial charge in [0.05, 0.1) is 18.6 Å². The maximum absolute atomic E-state index is 14.1. The number of ether oxygens (including phenoxy) is 1. The topological polar surface area (TPSA) is 49.9 Å². The van der Waals surface area contributed by atoms with Crippen LogP contribution < -0.4 is 4.90 Å². The standard InChI is InChI=1S/C29H31FN2O3/c1-19(2)20-11-15-23(16-12-20)31(3)29(34)26-24-7-5-6-8-25(24)28(33)32(17-18-35-4)27(26)21-9-13-22(30)14-10-21/h5-16,19,26-27H,17-18H2,1-4H3/t26-,27+/m0/s1. The van der Waals surface area contributed by atoms with Gasteiger partial charge in [0.25, 0.3) is 5.91 Å². The van der Waals surface area contributed by atoms with Crippen molar-refractivity contribution < 1.29 is 18.7 Å². The zero-order valence-electron chi connectivity index (χ0n) is 20.6. The zero-order valence-corrected chi connectivity index (χ0v) is 20.6. The molecule has 0 unspecified atom stereocenters. The highest BCUT2D eigenvalue weighted by atomic mass is 19.1. The Hall–Kier alpha value is -3.51. The van der Waals surface area contributed by atoms with Gasteiger partial charge in [-0.2, -0.15) is 0 Å². The molecule has 3 aromatic carbocycles. The lowest BCUT2D eigenvalue weighted by molar-refractivity contribution is -0.121. The number of carbonyl (C=O) groups is 2. The average Bonchev–Trinajstić information content (AvgIpc) is 2.88. The molecule has 182 valence electrons. The fraction of sp³-hybridized carbons (Fsp3) is 0.310. The Kier molecular flexibility index (Phi) is 7.31. The third-order valence-electron chi connectivity index (χ3n) is 6.73. The van der Waals surface area contributed by atoms with Crippen LogP contribution in [0, 0.1) is 5.82 Å². The lowest BCUT2D eigenvalue weighted by Gasteiger charge is -2.42. The van der Waals surface area contributed by atoms with Gasteiger partial charge >= 0.3 is 0 Å². The second-order valence-electron chi connectivity index (χ2n) is 9.20. The molecule has 3 aromatic rings. The van der Waals surface area contributed by atoms with Gasteiger partial charge < -0.3 is 14.5 Å². The molecule has 0 aromatic heterocycles. The number of hydrogen-bond donors (Lipinski definition) is 0. The number of carbonyl (C=O) groups excluding carboxylic acids is 2. The predicted molar refractivity (Wildman–Crippen MR) is 135 cm³/mol. The Morgan fingerprint density at radius 2 is 1.69 bits per heavy atom. The van der Waals surface area contributed by atoms with Gasteiger partial charge in [0.15, 0.2) is 0 Å². The number of likely N-dealkylation sites (N-methyl/N-ethyl adjacent to an activating group) is 1. The molecular formula is C29H31FN2O3. The first-order valence-corrected chi connectivity index (χ1v) is 11.8. The van der Waals surface area contributed by atoms with Crippen molar-refractivity contribution in [1.29, 1.82) is 0 Å².